The summed E-state index contributed by atoms with van der Waals surface area (Å²) in [5.41, 5.74) is 2.04. The lowest BCUT2D eigenvalue weighted by molar-refractivity contribution is -0.130. The summed E-state index contributed by atoms with van der Waals surface area (Å²) in [6.45, 7) is 6.49. The first-order valence-corrected chi connectivity index (χ1v) is 13.1. The zero-order chi connectivity index (χ0) is 26.5. The fraction of sp³-hybridized carbons (Fsp3) is 0.517. The normalized spacial score (nSPS) is 18.0. The number of benzene rings is 2. The predicted octanol–water partition coefficient (Wildman–Crippen LogP) is 6.89. The monoisotopic (exact) mass is 513 g/mol. The van der Waals surface area contributed by atoms with Gasteiger partial charge in [-0.2, -0.15) is 5.26 Å². The van der Waals surface area contributed by atoms with E-state index in [9.17, 15) is 14.4 Å². The number of carbonyl (C=O) groups excluding carboxylic acids is 1. The van der Waals surface area contributed by atoms with Gasteiger partial charge in [-0.15, -0.1) is 0 Å². The van der Waals surface area contributed by atoms with Crippen LogP contribution in [0.15, 0.2) is 36.4 Å². The van der Waals surface area contributed by atoms with Crippen LogP contribution in [0.4, 0.5) is 15.8 Å². The Morgan fingerprint density at radius 3 is 2.58 bits per heavy atom. The number of anilines is 2. The number of nitriles is 1. The second-order valence-corrected chi connectivity index (χ2v) is 10.7. The number of hydrogen-bond donors (Lipinski definition) is 1. The number of fused-ring (bicyclic) bond motifs is 1. The molecule has 3 rings (SSSR count). The second-order valence-electron chi connectivity index (χ2n) is 10.3. The van der Waals surface area contributed by atoms with E-state index >= 15 is 0 Å². The van der Waals surface area contributed by atoms with Gasteiger partial charge in [-0.1, -0.05) is 50.9 Å². The SMILES string of the molecule is CCCC(C#N)(CCC(C)C(C)C(=O)C1CNc2cc(Cl)c(N(C)C)cc2O1)Cc1ccc(F)cc1. The van der Waals surface area contributed by atoms with Gasteiger partial charge in [0.2, 0.25) is 0 Å². The Labute approximate surface area is 219 Å². The molecule has 1 N–H and O–H groups in total. The number of halogens is 2. The molecule has 1 aliphatic rings. The zero-order valence-electron chi connectivity index (χ0n) is 21.9. The number of nitrogens with one attached hydrogen (secondary N) is 1. The van der Waals surface area contributed by atoms with Gasteiger partial charge in [0, 0.05) is 26.1 Å². The van der Waals surface area contributed by atoms with Gasteiger partial charge in [0.25, 0.3) is 0 Å². The molecule has 0 saturated heterocycles. The highest BCUT2D eigenvalue weighted by Gasteiger charge is 2.35. The molecular formula is C29H37ClFN3O2. The van der Waals surface area contributed by atoms with Crippen LogP contribution in [0.1, 0.15) is 52.0 Å². The molecule has 194 valence electrons. The third-order valence-corrected chi connectivity index (χ3v) is 7.70. The van der Waals surface area contributed by atoms with E-state index in [1.807, 2.05) is 38.1 Å². The highest BCUT2D eigenvalue weighted by molar-refractivity contribution is 6.33. The summed E-state index contributed by atoms with van der Waals surface area (Å²) in [6, 6.07) is 12.7. The Morgan fingerprint density at radius 1 is 1.28 bits per heavy atom. The number of carbonyl (C=O) groups is 1. The van der Waals surface area contributed by atoms with E-state index in [0.29, 0.717) is 30.2 Å². The Hall–Kier alpha value is -2.78. The maximum Gasteiger partial charge on any atom is 0.178 e. The van der Waals surface area contributed by atoms with Gasteiger partial charge in [0.05, 0.1) is 34.4 Å². The summed E-state index contributed by atoms with van der Waals surface area (Å²) in [7, 11) is 3.82. The van der Waals surface area contributed by atoms with Gasteiger partial charge in [0.15, 0.2) is 11.9 Å². The van der Waals surface area contributed by atoms with E-state index < -0.39 is 11.5 Å². The van der Waals surface area contributed by atoms with Crippen molar-refractivity contribution in [2.75, 3.05) is 30.9 Å². The third kappa shape index (κ3) is 6.50. The fourth-order valence-electron chi connectivity index (χ4n) is 4.93. The molecule has 0 fully saturated rings. The van der Waals surface area contributed by atoms with Crippen molar-refractivity contribution in [1.29, 1.82) is 5.26 Å². The van der Waals surface area contributed by atoms with E-state index in [1.54, 1.807) is 12.1 Å². The number of ether oxygens (including phenoxy) is 1. The van der Waals surface area contributed by atoms with Gasteiger partial charge in [-0.3, -0.25) is 4.79 Å². The Balaban J connectivity index is 1.66. The Kier molecular flexibility index (Phi) is 9.24. The van der Waals surface area contributed by atoms with Crippen LogP contribution in [0.5, 0.6) is 5.75 Å². The van der Waals surface area contributed by atoms with E-state index in [4.69, 9.17) is 16.3 Å². The Bertz CT molecular complexity index is 1100. The summed E-state index contributed by atoms with van der Waals surface area (Å²) in [6.07, 6.45) is 3.08. The van der Waals surface area contributed by atoms with Crippen molar-refractivity contribution in [3.8, 4) is 11.8 Å². The second kappa shape index (κ2) is 12.0. The molecule has 0 saturated carbocycles. The van der Waals surface area contributed by atoms with Crippen LogP contribution in [-0.4, -0.2) is 32.5 Å². The van der Waals surface area contributed by atoms with Gasteiger partial charge in [-0.05, 0) is 55.4 Å². The highest BCUT2D eigenvalue weighted by atomic mass is 35.5. The third-order valence-electron chi connectivity index (χ3n) is 7.40. The van der Waals surface area contributed by atoms with Gasteiger partial charge >= 0.3 is 0 Å². The molecule has 0 bridgehead atoms. The molecule has 36 heavy (non-hydrogen) atoms. The number of hydrogen-bond acceptors (Lipinski definition) is 5. The van der Waals surface area contributed by atoms with Gasteiger partial charge in [0.1, 0.15) is 11.6 Å². The average molecular weight is 514 g/mol. The summed E-state index contributed by atoms with van der Waals surface area (Å²) < 4.78 is 19.5. The van der Waals surface area contributed by atoms with Crippen LogP contribution in [-0.2, 0) is 11.2 Å². The lowest BCUT2D eigenvalue weighted by atomic mass is 9.73. The Morgan fingerprint density at radius 2 is 1.97 bits per heavy atom. The minimum Gasteiger partial charge on any atom is -0.479 e. The van der Waals surface area contributed by atoms with Crippen molar-refractivity contribution >= 4 is 28.8 Å². The van der Waals surface area contributed by atoms with Crippen LogP contribution in [0.3, 0.4) is 0 Å². The molecule has 1 heterocycles. The van der Waals surface area contributed by atoms with Crippen LogP contribution >= 0.6 is 11.6 Å². The van der Waals surface area contributed by atoms with Crippen LogP contribution in [0.2, 0.25) is 5.02 Å². The first-order chi connectivity index (χ1) is 17.1. The topological polar surface area (TPSA) is 65.4 Å². The van der Waals surface area contributed by atoms with E-state index in [2.05, 4.69) is 25.2 Å². The summed E-state index contributed by atoms with van der Waals surface area (Å²) in [5.74, 6) is 0.267. The lowest BCUT2D eigenvalue weighted by Gasteiger charge is -2.32. The van der Waals surface area contributed by atoms with Crippen molar-refractivity contribution in [2.24, 2.45) is 17.3 Å². The van der Waals surface area contributed by atoms with Gasteiger partial charge in [-0.25, -0.2) is 4.39 Å². The van der Waals surface area contributed by atoms with E-state index in [1.165, 1.54) is 12.1 Å². The summed E-state index contributed by atoms with van der Waals surface area (Å²) in [5, 5.41) is 14.0. The van der Waals surface area contributed by atoms with Crippen molar-refractivity contribution in [3.05, 3.63) is 52.8 Å². The van der Waals surface area contributed by atoms with Crippen LogP contribution in [0, 0.1) is 34.4 Å². The maximum absolute atomic E-state index is 13.4. The molecule has 1 aliphatic heterocycles. The minimum atomic E-state index is -0.582. The first-order valence-electron chi connectivity index (χ1n) is 12.7. The highest BCUT2D eigenvalue weighted by Crippen LogP contribution is 2.40. The van der Waals surface area contributed by atoms with E-state index in [0.717, 1.165) is 36.2 Å². The molecule has 0 amide bonds. The quantitative estimate of drug-likeness (QED) is 0.354. The smallest absolute Gasteiger partial charge is 0.178 e. The molecule has 4 atom stereocenters. The molecule has 0 aliphatic carbocycles. The molecule has 0 radical (unpaired) electrons. The molecule has 0 spiro atoms. The molecular weight excluding hydrogens is 477 g/mol. The fourth-order valence-corrected chi connectivity index (χ4v) is 5.26. The molecule has 7 heteroatoms. The zero-order valence-corrected chi connectivity index (χ0v) is 22.7. The van der Waals surface area contributed by atoms with Crippen molar-refractivity contribution in [2.45, 2.75) is 59.0 Å². The molecule has 4 unspecified atom stereocenters. The molecule has 2 aromatic rings. The van der Waals surface area contributed by atoms with Crippen molar-refractivity contribution < 1.29 is 13.9 Å². The average Bonchev–Trinajstić information content (AvgIpc) is 2.86. The first kappa shape index (κ1) is 27.8. The minimum absolute atomic E-state index is 0.0542. The number of ketones is 1. The van der Waals surface area contributed by atoms with Crippen LogP contribution < -0.4 is 15.0 Å². The summed E-state index contributed by atoms with van der Waals surface area (Å²) in [4.78, 5) is 15.3. The molecule has 2 aromatic carbocycles. The number of rotatable bonds is 11. The summed E-state index contributed by atoms with van der Waals surface area (Å²) >= 11 is 6.37. The lowest BCUT2D eigenvalue weighted by Crippen LogP contribution is -2.42. The van der Waals surface area contributed by atoms with E-state index in [-0.39, 0.29) is 23.4 Å². The standard InChI is InChI=1S/C29H37ClFN3O2/c1-6-12-29(18-32,16-21-7-9-22(31)10-8-21)13-11-19(2)20(3)28(35)27-17-33-24-14-23(30)25(34(4)5)15-26(24)36-27/h7-10,14-15,19-20,27,33H,6,11-13,16-17H2,1-5H3. The largest absolute Gasteiger partial charge is 0.479 e. The van der Waals surface area contributed by atoms with Crippen molar-refractivity contribution in [3.63, 3.8) is 0 Å². The molecule has 5 nitrogen and oxygen atoms in total. The maximum atomic E-state index is 13.4. The predicted molar refractivity (Wildman–Crippen MR) is 144 cm³/mol. The van der Waals surface area contributed by atoms with Gasteiger partial charge < -0.3 is 15.0 Å². The van der Waals surface area contributed by atoms with Crippen molar-refractivity contribution in [1.82, 2.24) is 0 Å². The van der Waals surface area contributed by atoms with Crippen LogP contribution in [0.25, 0.3) is 0 Å². The molecule has 0 aromatic heterocycles. The number of nitrogens with zero attached hydrogens (tertiary/aromatic N) is 2. The number of Topliss-reactive ketones (excluding diaryl/α,β-unsaturated/α-hetero) is 1.